The molecule has 0 aliphatic carbocycles. The Morgan fingerprint density at radius 3 is 2.09 bits per heavy atom. The van der Waals surface area contributed by atoms with Gasteiger partial charge in [0.15, 0.2) is 0 Å². The molecule has 23 heavy (non-hydrogen) atoms. The molecule has 0 unspecified atom stereocenters. The van der Waals surface area contributed by atoms with Crippen molar-refractivity contribution >= 4 is 12.1 Å². The van der Waals surface area contributed by atoms with Crippen molar-refractivity contribution < 1.29 is 24.5 Å². The summed E-state index contributed by atoms with van der Waals surface area (Å²) in [5.41, 5.74) is 0.00985. The van der Waals surface area contributed by atoms with Crippen LogP contribution in [0.4, 0.5) is 4.79 Å². The van der Waals surface area contributed by atoms with E-state index < -0.39 is 23.7 Å². The molecule has 0 fully saturated rings. The molecule has 0 aliphatic heterocycles. The number of hydrogen-bond donors (Lipinski definition) is 2. The molecule has 6 nitrogen and oxygen atoms in total. The monoisotopic (exact) mass is 323 g/mol. The summed E-state index contributed by atoms with van der Waals surface area (Å²) >= 11 is 0. The maximum atomic E-state index is 12.4. The Hall–Kier alpha value is -2.24. The van der Waals surface area contributed by atoms with Crippen molar-refractivity contribution in [1.29, 1.82) is 0 Å². The quantitative estimate of drug-likeness (QED) is 0.869. The topological polar surface area (TPSA) is 87.1 Å². The van der Waals surface area contributed by atoms with E-state index >= 15 is 0 Å². The predicted molar refractivity (Wildman–Crippen MR) is 86.4 cm³/mol. The van der Waals surface area contributed by atoms with Crippen LogP contribution >= 0.6 is 0 Å². The molecule has 0 saturated heterocycles. The molecule has 6 heteroatoms. The van der Waals surface area contributed by atoms with Crippen LogP contribution < -0.4 is 0 Å². The SMILES string of the molecule is CC(C)N(C(=O)OC(C)(C)C)[C@@H](Cc1ccc(O)cc1)C(=O)O. The minimum absolute atomic E-state index is 0.105. The second-order valence-corrected chi connectivity index (χ2v) is 6.71. The van der Waals surface area contributed by atoms with Gasteiger partial charge >= 0.3 is 12.1 Å². The zero-order valence-electron chi connectivity index (χ0n) is 14.2. The Bertz CT molecular complexity index is 545. The molecule has 128 valence electrons. The predicted octanol–water partition coefficient (Wildman–Crippen LogP) is 3.03. The summed E-state index contributed by atoms with van der Waals surface area (Å²) < 4.78 is 5.33. The van der Waals surface area contributed by atoms with Gasteiger partial charge in [0.2, 0.25) is 0 Å². The highest BCUT2D eigenvalue weighted by Crippen LogP contribution is 2.19. The van der Waals surface area contributed by atoms with Gasteiger partial charge in [0.05, 0.1) is 0 Å². The minimum Gasteiger partial charge on any atom is -0.508 e. The van der Waals surface area contributed by atoms with Gasteiger partial charge in [0.1, 0.15) is 17.4 Å². The third kappa shape index (κ3) is 5.81. The van der Waals surface area contributed by atoms with Crippen LogP contribution in [0, 0.1) is 0 Å². The number of carbonyl (C=O) groups excluding carboxylic acids is 1. The maximum Gasteiger partial charge on any atom is 0.411 e. The second kappa shape index (κ2) is 7.35. The van der Waals surface area contributed by atoms with Crippen molar-refractivity contribution in [1.82, 2.24) is 4.90 Å². The number of ether oxygens (including phenoxy) is 1. The van der Waals surface area contributed by atoms with Gasteiger partial charge in [-0.05, 0) is 52.3 Å². The Kier molecular flexibility index (Phi) is 6.01. The molecule has 0 heterocycles. The highest BCUT2D eigenvalue weighted by molar-refractivity contribution is 5.80. The number of carboxylic acid groups (broad SMARTS) is 1. The van der Waals surface area contributed by atoms with Gasteiger partial charge in [-0.15, -0.1) is 0 Å². The average molecular weight is 323 g/mol. The molecule has 0 radical (unpaired) electrons. The highest BCUT2D eigenvalue weighted by atomic mass is 16.6. The summed E-state index contributed by atoms with van der Waals surface area (Å²) in [6, 6.07) is 4.87. The van der Waals surface area contributed by atoms with Crippen molar-refractivity contribution in [3.05, 3.63) is 29.8 Å². The molecule has 1 aromatic carbocycles. The molecule has 0 spiro atoms. The first-order chi connectivity index (χ1) is 10.5. The van der Waals surface area contributed by atoms with Gasteiger partial charge in [-0.3, -0.25) is 4.90 Å². The van der Waals surface area contributed by atoms with Gasteiger partial charge in [-0.2, -0.15) is 0 Å². The molecule has 1 rings (SSSR count). The fraction of sp³-hybridized carbons (Fsp3) is 0.529. The first kappa shape index (κ1) is 18.8. The lowest BCUT2D eigenvalue weighted by molar-refractivity contribution is -0.143. The first-order valence-electron chi connectivity index (χ1n) is 7.53. The molecule has 1 aromatic rings. The highest BCUT2D eigenvalue weighted by Gasteiger charge is 2.34. The third-order valence-corrected chi connectivity index (χ3v) is 3.15. The van der Waals surface area contributed by atoms with Gasteiger partial charge in [0, 0.05) is 12.5 Å². The Labute approximate surface area is 136 Å². The summed E-state index contributed by atoms with van der Waals surface area (Å²) in [5, 5.41) is 18.9. The number of carbonyl (C=O) groups is 2. The lowest BCUT2D eigenvalue weighted by Crippen LogP contribution is -2.51. The number of phenols is 1. The zero-order chi connectivity index (χ0) is 17.8. The summed E-state index contributed by atoms with van der Waals surface area (Å²) in [4.78, 5) is 25.3. The van der Waals surface area contributed by atoms with Crippen LogP contribution in [-0.4, -0.2) is 44.9 Å². The summed E-state index contributed by atoms with van der Waals surface area (Å²) in [7, 11) is 0. The van der Waals surface area contributed by atoms with E-state index in [0.717, 1.165) is 0 Å². The number of amides is 1. The number of aliphatic carboxylic acids is 1. The first-order valence-corrected chi connectivity index (χ1v) is 7.53. The van der Waals surface area contributed by atoms with Crippen molar-refractivity contribution in [2.24, 2.45) is 0 Å². The van der Waals surface area contributed by atoms with Crippen molar-refractivity contribution in [3.63, 3.8) is 0 Å². The van der Waals surface area contributed by atoms with Crippen LogP contribution in [0.1, 0.15) is 40.2 Å². The molecule has 1 atom stereocenters. The maximum absolute atomic E-state index is 12.4. The fourth-order valence-electron chi connectivity index (χ4n) is 2.17. The Balaban J connectivity index is 3.04. The van der Waals surface area contributed by atoms with E-state index in [4.69, 9.17) is 4.74 Å². The number of rotatable bonds is 5. The molecular formula is C17H25NO5. The van der Waals surface area contributed by atoms with Gasteiger partial charge < -0.3 is 14.9 Å². The summed E-state index contributed by atoms with van der Waals surface area (Å²) in [6.45, 7) is 8.70. The van der Waals surface area contributed by atoms with E-state index in [1.807, 2.05) is 0 Å². The van der Waals surface area contributed by atoms with E-state index in [2.05, 4.69) is 0 Å². The smallest absolute Gasteiger partial charge is 0.411 e. The molecule has 0 aromatic heterocycles. The number of nitrogens with zero attached hydrogens (tertiary/aromatic N) is 1. The standard InChI is InChI=1S/C17H25NO5/c1-11(2)18(16(22)23-17(3,4)5)14(15(20)21)10-12-6-8-13(19)9-7-12/h6-9,11,14,19H,10H2,1-5H3,(H,20,21)/t14-/m0/s1. The van der Waals surface area contributed by atoms with E-state index in [1.54, 1.807) is 46.8 Å². The van der Waals surface area contributed by atoms with Gasteiger partial charge in [0.25, 0.3) is 0 Å². The average Bonchev–Trinajstić information content (AvgIpc) is 2.37. The third-order valence-electron chi connectivity index (χ3n) is 3.15. The van der Waals surface area contributed by atoms with Crippen LogP contribution in [0.25, 0.3) is 0 Å². The largest absolute Gasteiger partial charge is 0.508 e. The van der Waals surface area contributed by atoms with Crippen LogP contribution in [-0.2, 0) is 16.0 Å². The van der Waals surface area contributed by atoms with Crippen LogP contribution in [0.15, 0.2) is 24.3 Å². The number of carboxylic acids is 1. The summed E-state index contributed by atoms with van der Waals surface area (Å²) in [6.07, 6.45) is -0.522. The Morgan fingerprint density at radius 2 is 1.70 bits per heavy atom. The van der Waals surface area contributed by atoms with Gasteiger partial charge in [-0.25, -0.2) is 9.59 Å². The minimum atomic E-state index is -1.10. The lowest BCUT2D eigenvalue weighted by atomic mass is 10.0. The Morgan fingerprint density at radius 1 is 1.17 bits per heavy atom. The molecule has 0 aliphatic rings. The van der Waals surface area contributed by atoms with Gasteiger partial charge in [-0.1, -0.05) is 12.1 Å². The number of phenolic OH excluding ortho intramolecular Hbond substituents is 1. The normalized spacial score (nSPS) is 12.8. The van der Waals surface area contributed by atoms with Crippen molar-refractivity contribution in [2.45, 2.75) is 58.7 Å². The molecule has 0 bridgehead atoms. The molecule has 1 amide bonds. The lowest BCUT2D eigenvalue weighted by Gasteiger charge is -2.34. The number of aromatic hydroxyl groups is 1. The van der Waals surface area contributed by atoms with E-state index in [0.29, 0.717) is 5.56 Å². The number of benzene rings is 1. The summed E-state index contributed by atoms with van der Waals surface area (Å²) in [5.74, 6) is -0.994. The van der Waals surface area contributed by atoms with Crippen LogP contribution in [0.2, 0.25) is 0 Å². The fourth-order valence-corrected chi connectivity index (χ4v) is 2.17. The van der Waals surface area contributed by atoms with E-state index in [-0.39, 0.29) is 18.2 Å². The van der Waals surface area contributed by atoms with Crippen LogP contribution in [0.5, 0.6) is 5.75 Å². The van der Waals surface area contributed by atoms with Crippen molar-refractivity contribution in [3.8, 4) is 5.75 Å². The number of hydrogen-bond acceptors (Lipinski definition) is 4. The molecular weight excluding hydrogens is 298 g/mol. The van der Waals surface area contributed by atoms with E-state index in [9.17, 15) is 19.8 Å². The van der Waals surface area contributed by atoms with E-state index in [1.165, 1.54) is 17.0 Å². The van der Waals surface area contributed by atoms with Crippen molar-refractivity contribution in [2.75, 3.05) is 0 Å². The second-order valence-electron chi connectivity index (χ2n) is 6.71. The molecule has 0 saturated carbocycles. The molecule has 2 N–H and O–H groups in total. The van der Waals surface area contributed by atoms with Crippen LogP contribution in [0.3, 0.4) is 0 Å². The zero-order valence-corrected chi connectivity index (χ0v) is 14.2.